The van der Waals surface area contributed by atoms with Crippen LogP contribution in [-0.2, 0) is 10.0 Å². The normalized spacial score (nSPS) is 13.3. The van der Waals surface area contributed by atoms with Gasteiger partial charge in [0.05, 0.1) is 12.8 Å². The van der Waals surface area contributed by atoms with Crippen molar-refractivity contribution in [2.75, 3.05) is 17.1 Å². The first-order valence-electron chi connectivity index (χ1n) is 10.2. The van der Waals surface area contributed by atoms with Crippen LogP contribution in [0.2, 0.25) is 0 Å². The highest BCUT2D eigenvalue weighted by atomic mass is 127. The molecule has 1 aliphatic rings. The highest BCUT2D eigenvalue weighted by molar-refractivity contribution is 14.1. The first kappa shape index (κ1) is 24.2. The lowest BCUT2D eigenvalue weighted by atomic mass is 10.1. The third kappa shape index (κ3) is 5.09. The summed E-state index contributed by atoms with van der Waals surface area (Å²) in [6.07, 6.45) is 1.47. The number of benzene rings is 3. The molecule has 0 spiro atoms. The number of halogens is 3. The van der Waals surface area contributed by atoms with Crippen molar-refractivity contribution in [2.24, 2.45) is 0 Å². The first-order valence-corrected chi connectivity index (χ1v) is 12.8. The molecule has 34 heavy (non-hydrogen) atoms. The standard InChI is InChI=1S/C23H20F2IN3O4S/c1-33-21-17(23(30)28-15-11-12-15)20(27-14-9-7-13(26)8-10-14)18(24)19(25)22(21)34(31,32)29-16-5-3-2-4-6-16/h2-10,15,27,29H,11-12H2,1H3,(H,28,30). The Balaban J connectivity index is 1.89. The summed E-state index contributed by atoms with van der Waals surface area (Å²) >= 11 is 2.09. The van der Waals surface area contributed by atoms with E-state index in [1.165, 1.54) is 12.1 Å². The molecule has 0 radical (unpaired) electrons. The highest BCUT2D eigenvalue weighted by Crippen LogP contribution is 2.41. The maximum atomic E-state index is 15.4. The number of ether oxygens (including phenoxy) is 1. The van der Waals surface area contributed by atoms with Crippen LogP contribution in [0.3, 0.4) is 0 Å². The fourth-order valence-electron chi connectivity index (χ4n) is 3.29. The quantitative estimate of drug-likeness (QED) is 0.317. The van der Waals surface area contributed by atoms with Crippen molar-refractivity contribution in [3.8, 4) is 5.75 Å². The Morgan fingerprint density at radius 3 is 2.24 bits per heavy atom. The van der Waals surface area contributed by atoms with Gasteiger partial charge in [0.1, 0.15) is 5.56 Å². The molecular formula is C23H20F2IN3O4S. The van der Waals surface area contributed by atoms with Gasteiger partial charge in [-0.25, -0.2) is 17.2 Å². The highest BCUT2D eigenvalue weighted by Gasteiger charge is 2.37. The molecule has 0 saturated heterocycles. The van der Waals surface area contributed by atoms with E-state index in [1.54, 1.807) is 42.5 Å². The summed E-state index contributed by atoms with van der Waals surface area (Å²) in [6.45, 7) is 0. The topological polar surface area (TPSA) is 96.5 Å². The molecule has 4 rings (SSSR count). The van der Waals surface area contributed by atoms with Crippen molar-refractivity contribution in [1.29, 1.82) is 0 Å². The SMILES string of the molecule is COc1c(C(=O)NC2CC2)c(Nc2ccc(I)cc2)c(F)c(F)c1S(=O)(=O)Nc1ccccc1. The summed E-state index contributed by atoms with van der Waals surface area (Å²) in [5, 5.41) is 5.40. The van der Waals surface area contributed by atoms with Gasteiger partial charge in [0.2, 0.25) is 0 Å². The van der Waals surface area contributed by atoms with E-state index in [9.17, 15) is 13.2 Å². The smallest absolute Gasteiger partial charge is 0.268 e. The first-order chi connectivity index (χ1) is 16.2. The number of carbonyl (C=O) groups is 1. The zero-order valence-electron chi connectivity index (χ0n) is 17.9. The molecule has 7 nitrogen and oxygen atoms in total. The largest absolute Gasteiger partial charge is 0.494 e. The molecule has 0 aromatic heterocycles. The van der Waals surface area contributed by atoms with E-state index in [1.807, 2.05) is 0 Å². The number of hydrogen-bond donors (Lipinski definition) is 3. The number of sulfonamides is 1. The lowest BCUT2D eigenvalue weighted by Crippen LogP contribution is -2.28. The van der Waals surface area contributed by atoms with Gasteiger partial charge in [-0.2, -0.15) is 0 Å². The number of methoxy groups -OCH3 is 1. The van der Waals surface area contributed by atoms with Gasteiger partial charge < -0.3 is 15.4 Å². The number of hydrogen-bond acceptors (Lipinski definition) is 5. The molecule has 1 amide bonds. The molecule has 0 aliphatic heterocycles. The molecule has 1 aliphatic carbocycles. The second kappa shape index (κ2) is 9.74. The molecule has 11 heteroatoms. The Morgan fingerprint density at radius 1 is 1.00 bits per heavy atom. The molecule has 0 unspecified atom stereocenters. The van der Waals surface area contributed by atoms with E-state index in [2.05, 4.69) is 37.9 Å². The summed E-state index contributed by atoms with van der Waals surface area (Å²) in [4.78, 5) is 12.0. The number of nitrogens with one attached hydrogen (secondary N) is 3. The van der Waals surface area contributed by atoms with Gasteiger partial charge in [0.25, 0.3) is 15.9 Å². The Labute approximate surface area is 209 Å². The van der Waals surface area contributed by atoms with E-state index >= 15 is 8.78 Å². The molecule has 3 aromatic carbocycles. The average Bonchev–Trinajstić information content (AvgIpc) is 3.62. The molecule has 178 valence electrons. The maximum Gasteiger partial charge on any atom is 0.268 e. The van der Waals surface area contributed by atoms with E-state index in [4.69, 9.17) is 4.74 Å². The molecule has 0 bridgehead atoms. The lowest BCUT2D eigenvalue weighted by molar-refractivity contribution is 0.0948. The summed E-state index contributed by atoms with van der Waals surface area (Å²) < 4.78 is 65.3. The zero-order valence-corrected chi connectivity index (χ0v) is 20.8. The summed E-state index contributed by atoms with van der Waals surface area (Å²) in [6, 6.07) is 14.3. The second-order valence-electron chi connectivity index (χ2n) is 7.59. The van der Waals surface area contributed by atoms with Crippen LogP contribution in [-0.4, -0.2) is 27.5 Å². The third-order valence-electron chi connectivity index (χ3n) is 5.05. The van der Waals surface area contributed by atoms with Crippen molar-refractivity contribution >= 4 is 55.6 Å². The predicted octanol–water partition coefficient (Wildman–Crippen LogP) is 5.01. The van der Waals surface area contributed by atoms with Crippen LogP contribution < -0.4 is 20.1 Å². The van der Waals surface area contributed by atoms with Crippen LogP contribution in [0.1, 0.15) is 23.2 Å². The summed E-state index contributed by atoms with van der Waals surface area (Å²) in [5.74, 6) is -4.57. The molecule has 1 saturated carbocycles. The average molecular weight is 599 g/mol. The van der Waals surface area contributed by atoms with Gasteiger partial charge in [-0.05, 0) is 71.8 Å². The van der Waals surface area contributed by atoms with Gasteiger partial charge in [-0.3, -0.25) is 9.52 Å². The van der Waals surface area contributed by atoms with E-state index in [0.29, 0.717) is 5.69 Å². The zero-order chi connectivity index (χ0) is 24.5. The van der Waals surface area contributed by atoms with E-state index in [0.717, 1.165) is 23.5 Å². The van der Waals surface area contributed by atoms with E-state index in [-0.39, 0.29) is 11.7 Å². The van der Waals surface area contributed by atoms with Crippen molar-refractivity contribution in [2.45, 2.75) is 23.8 Å². The number of rotatable bonds is 8. The molecule has 1 fully saturated rings. The minimum atomic E-state index is -4.67. The molecule has 3 N–H and O–H groups in total. The Morgan fingerprint density at radius 2 is 1.65 bits per heavy atom. The minimum absolute atomic E-state index is 0.126. The number of para-hydroxylation sites is 1. The van der Waals surface area contributed by atoms with E-state index < -0.39 is 49.5 Å². The summed E-state index contributed by atoms with van der Waals surface area (Å²) in [5.41, 5.74) is -0.457. The molecule has 0 atom stereocenters. The van der Waals surface area contributed by atoms with Crippen molar-refractivity contribution in [3.05, 3.63) is 75.4 Å². The van der Waals surface area contributed by atoms with Crippen LogP contribution in [0.15, 0.2) is 59.5 Å². The Bertz CT molecular complexity index is 1330. The van der Waals surface area contributed by atoms with Crippen LogP contribution in [0.25, 0.3) is 0 Å². The monoisotopic (exact) mass is 599 g/mol. The van der Waals surface area contributed by atoms with Crippen LogP contribution in [0.4, 0.5) is 25.8 Å². The van der Waals surface area contributed by atoms with Crippen LogP contribution in [0.5, 0.6) is 5.75 Å². The van der Waals surface area contributed by atoms with Crippen molar-refractivity contribution < 1.29 is 26.7 Å². The maximum absolute atomic E-state index is 15.4. The third-order valence-corrected chi connectivity index (χ3v) is 7.17. The van der Waals surface area contributed by atoms with Crippen molar-refractivity contribution in [1.82, 2.24) is 5.32 Å². The summed E-state index contributed by atoms with van der Waals surface area (Å²) in [7, 11) is -3.58. The van der Waals surface area contributed by atoms with Crippen molar-refractivity contribution in [3.63, 3.8) is 0 Å². The van der Waals surface area contributed by atoms with Crippen LogP contribution in [0, 0.1) is 15.2 Å². The lowest BCUT2D eigenvalue weighted by Gasteiger charge is -2.20. The van der Waals surface area contributed by atoms with Gasteiger partial charge in [-0.15, -0.1) is 0 Å². The molecule has 3 aromatic rings. The number of carbonyl (C=O) groups excluding carboxylic acids is 1. The predicted molar refractivity (Wildman–Crippen MR) is 133 cm³/mol. The van der Waals surface area contributed by atoms with Gasteiger partial charge >= 0.3 is 0 Å². The van der Waals surface area contributed by atoms with Gasteiger partial charge in [0, 0.05) is 21.0 Å². The second-order valence-corrected chi connectivity index (χ2v) is 10.5. The molecular weight excluding hydrogens is 579 g/mol. The Kier molecular flexibility index (Phi) is 6.94. The number of anilines is 3. The molecule has 0 heterocycles. The number of amides is 1. The van der Waals surface area contributed by atoms with Gasteiger partial charge in [-0.1, -0.05) is 18.2 Å². The van der Waals surface area contributed by atoms with Crippen LogP contribution >= 0.6 is 22.6 Å². The Hall–Kier alpha value is -2.93. The van der Waals surface area contributed by atoms with Gasteiger partial charge in [0.15, 0.2) is 22.3 Å². The fraction of sp³-hybridized carbons (Fsp3) is 0.174. The minimum Gasteiger partial charge on any atom is -0.494 e. The fourth-order valence-corrected chi connectivity index (χ4v) is 4.95.